The number of aliphatic hydroxyl groups is 1. The topological polar surface area (TPSA) is 61.7 Å². The maximum absolute atomic E-state index is 10.3. The number of piperazine rings is 1. The molecule has 1 N–H and O–H groups in total. The average Bonchev–Trinajstić information content (AvgIpc) is 2.80. The van der Waals surface area contributed by atoms with E-state index in [1.165, 1.54) is 11.1 Å². The van der Waals surface area contributed by atoms with Crippen molar-refractivity contribution in [1.29, 1.82) is 0 Å². The molecule has 0 saturated carbocycles. The van der Waals surface area contributed by atoms with Gasteiger partial charge in [-0.1, -0.05) is 60.2 Å². The number of rotatable bonds is 8. The molecule has 6 nitrogen and oxygen atoms in total. The molecular formula is C28H36N4O2. The Kier molecular flexibility index (Phi) is 7.61. The second-order valence-corrected chi connectivity index (χ2v) is 9.84. The number of nitrogens with zero attached hydrogens (tertiary/aromatic N) is 4. The fourth-order valence-corrected chi connectivity index (χ4v) is 4.62. The summed E-state index contributed by atoms with van der Waals surface area (Å²) in [6.45, 7) is 10.5. The van der Waals surface area contributed by atoms with Crippen molar-refractivity contribution in [3.05, 3.63) is 77.0 Å². The molecule has 0 spiro atoms. The summed E-state index contributed by atoms with van der Waals surface area (Å²) < 4.78 is 5.59. The van der Waals surface area contributed by atoms with Crippen molar-refractivity contribution in [1.82, 2.24) is 14.9 Å². The van der Waals surface area contributed by atoms with Gasteiger partial charge in [0.05, 0.1) is 17.9 Å². The number of benzene rings is 2. The summed E-state index contributed by atoms with van der Waals surface area (Å²) in [5.41, 5.74) is 4.86. The van der Waals surface area contributed by atoms with Crippen molar-refractivity contribution in [3.8, 4) is 11.4 Å². The molecule has 2 heterocycles. The molecule has 1 aliphatic rings. The lowest BCUT2D eigenvalue weighted by Gasteiger charge is -2.38. The highest BCUT2D eigenvalue weighted by atomic mass is 16.5. The molecule has 34 heavy (non-hydrogen) atoms. The van der Waals surface area contributed by atoms with E-state index in [1.807, 2.05) is 32.0 Å². The number of β-amino-alcohol motifs (C(OH)–C–C–N with tert-alkyl or cyclic N) is 1. The Hall–Kier alpha value is -2.80. The number of ether oxygens (including phenoxy) is 1. The van der Waals surface area contributed by atoms with Crippen LogP contribution in [0.15, 0.2) is 54.6 Å². The number of aromatic nitrogens is 2. The zero-order valence-electron chi connectivity index (χ0n) is 20.8. The average molecular weight is 461 g/mol. The summed E-state index contributed by atoms with van der Waals surface area (Å²) in [6, 6.07) is 18.8. The number of hydrogen-bond acceptors (Lipinski definition) is 6. The Morgan fingerprint density at radius 2 is 1.71 bits per heavy atom. The molecule has 180 valence electrons. The van der Waals surface area contributed by atoms with Crippen LogP contribution in [0.3, 0.4) is 0 Å². The third-order valence-corrected chi connectivity index (χ3v) is 6.13. The van der Waals surface area contributed by atoms with Crippen LogP contribution in [0.25, 0.3) is 11.4 Å². The van der Waals surface area contributed by atoms with E-state index in [0.717, 1.165) is 61.1 Å². The lowest BCUT2D eigenvalue weighted by atomic mass is 10.0. The zero-order valence-corrected chi connectivity index (χ0v) is 20.8. The fraction of sp³-hybridized carbons (Fsp3) is 0.429. The normalized spacial score (nSPS) is 15.0. The van der Waals surface area contributed by atoms with Crippen LogP contribution in [-0.2, 0) is 17.8 Å². The van der Waals surface area contributed by atoms with Gasteiger partial charge in [-0.2, -0.15) is 0 Å². The van der Waals surface area contributed by atoms with Crippen molar-refractivity contribution >= 4 is 5.82 Å². The highest BCUT2D eigenvalue weighted by Crippen LogP contribution is 2.29. The van der Waals surface area contributed by atoms with E-state index < -0.39 is 5.60 Å². The monoisotopic (exact) mass is 460 g/mol. The van der Waals surface area contributed by atoms with Gasteiger partial charge < -0.3 is 14.7 Å². The van der Waals surface area contributed by atoms with Gasteiger partial charge in [0.2, 0.25) is 0 Å². The molecule has 2 aromatic carbocycles. The van der Waals surface area contributed by atoms with Crippen molar-refractivity contribution in [2.24, 2.45) is 0 Å². The second kappa shape index (κ2) is 10.6. The van der Waals surface area contributed by atoms with Gasteiger partial charge >= 0.3 is 0 Å². The number of methoxy groups -OCH3 is 1. The minimum atomic E-state index is -0.695. The van der Waals surface area contributed by atoms with E-state index >= 15 is 0 Å². The Morgan fingerprint density at radius 1 is 0.971 bits per heavy atom. The third kappa shape index (κ3) is 6.20. The van der Waals surface area contributed by atoms with Gasteiger partial charge in [0, 0.05) is 57.4 Å². The summed E-state index contributed by atoms with van der Waals surface area (Å²) >= 11 is 0. The Balaban J connectivity index is 1.73. The molecule has 0 unspecified atom stereocenters. The summed E-state index contributed by atoms with van der Waals surface area (Å²) in [7, 11) is 1.72. The fourth-order valence-electron chi connectivity index (χ4n) is 4.62. The van der Waals surface area contributed by atoms with Crippen molar-refractivity contribution in [2.75, 3.05) is 44.7 Å². The van der Waals surface area contributed by atoms with Gasteiger partial charge in [0.15, 0.2) is 5.82 Å². The van der Waals surface area contributed by atoms with E-state index in [1.54, 1.807) is 7.11 Å². The van der Waals surface area contributed by atoms with Crippen LogP contribution in [0.5, 0.6) is 0 Å². The molecule has 1 aliphatic heterocycles. The van der Waals surface area contributed by atoms with E-state index in [9.17, 15) is 5.11 Å². The van der Waals surface area contributed by atoms with Gasteiger partial charge in [-0.25, -0.2) is 9.97 Å². The summed E-state index contributed by atoms with van der Waals surface area (Å²) in [5.74, 6) is 1.72. The Morgan fingerprint density at radius 3 is 2.35 bits per heavy atom. The molecule has 0 bridgehead atoms. The van der Waals surface area contributed by atoms with Crippen LogP contribution in [0.1, 0.15) is 36.2 Å². The number of hydrogen-bond donors (Lipinski definition) is 1. The third-order valence-electron chi connectivity index (χ3n) is 6.13. The van der Waals surface area contributed by atoms with E-state index in [4.69, 9.17) is 14.7 Å². The van der Waals surface area contributed by atoms with Crippen LogP contribution >= 0.6 is 0 Å². The molecule has 1 aromatic heterocycles. The molecule has 0 atom stereocenters. The van der Waals surface area contributed by atoms with Crippen LogP contribution in [0.2, 0.25) is 0 Å². The molecule has 0 amide bonds. The van der Waals surface area contributed by atoms with Crippen LogP contribution in [0.4, 0.5) is 5.82 Å². The first kappa shape index (κ1) is 24.3. The van der Waals surface area contributed by atoms with E-state index in [2.05, 4.69) is 53.1 Å². The van der Waals surface area contributed by atoms with Crippen LogP contribution in [0, 0.1) is 6.92 Å². The van der Waals surface area contributed by atoms with Crippen LogP contribution < -0.4 is 4.90 Å². The SMILES string of the molecule is COCc1nc(-c2ccccc2)nc(N2CCN(CC(C)(C)O)CC2)c1Cc1cccc(C)c1. The lowest BCUT2D eigenvalue weighted by Crippen LogP contribution is -2.51. The van der Waals surface area contributed by atoms with Gasteiger partial charge in [-0.3, -0.25) is 4.90 Å². The summed E-state index contributed by atoms with van der Waals surface area (Å²) in [4.78, 5) is 14.8. The molecule has 1 saturated heterocycles. The maximum atomic E-state index is 10.3. The minimum absolute atomic E-state index is 0.440. The zero-order chi connectivity index (χ0) is 24.1. The van der Waals surface area contributed by atoms with Gasteiger partial charge in [0.1, 0.15) is 5.82 Å². The van der Waals surface area contributed by atoms with E-state index in [0.29, 0.717) is 13.2 Å². The number of aryl methyl sites for hydroxylation is 1. The lowest BCUT2D eigenvalue weighted by molar-refractivity contribution is 0.0344. The summed E-state index contributed by atoms with van der Waals surface area (Å²) in [6.07, 6.45) is 0.759. The second-order valence-electron chi connectivity index (χ2n) is 9.84. The van der Waals surface area contributed by atoms with Crippen molar-refractivity contribution in [2.45, 2.75) is 39.4 Å². The highest BCUT2D eigenvalue weighted by Gasteiger charge is 2.26. The Bertz CT molecular complexity index is 1090. The predicted molar refractivity (Wildman–Crippen MR) is 137 cm³/mol. The predicted octanol–water partition coefficient (Wildman–Crippen LogP) is 4.08. The number of anilines is 1. The van der Waals surface area contributed by atoms with Crippen molar-refractivity contribution in [3.63, 3.8) is 0 Å². The standard InChI is InChI=1S/C28H36N4O2/c1-21-9-8-10-22(17-21)18-24-25(19-34-4)29-26(23-11-6-5-7-12-23)30-27(24)32-15-13-31(14-16-32)20-28(2,3)33/h5-12,17,33H,13-16,18-20H2,1-4H3. The molecule has 1 fully saturated rings. The smallest absolute Gasteiger partial charge is 0.161 e. The van der Waals surface area contributed by atoms with E-state index in [-0.39, 0.29) is 0 Å². The first-order chi connectivity index (χ1) is 16.3. The minimum Gasteiger partial charge on any atom is -0.389 e. The summed E-state index contributed by atoms with van der Waals surface area (Å²) in [5, 5.41) is 10.3. The first-order valence-electron chi connectivity index (χ1n) is 12.0. The van der Waals surface area contributed by atoms with Crippen LogP contribution in [-0.4, -0.2) is 65.4 Å². The van der Waals surface area contributed by atoms with Gasteiger partial charge in [0.25, 0.3) is 0 Å². The molecule has 3 aromatic rings. The highest BCUT2D eigenvalue weighted by molar-refractivity contribution is 5.61. The first-order valence-corrected chi connectivity index (χ1v) is 12.0. The quantitative estimate of drug-likeness (QED) is 0.547. The molecule has 0 aliphatic carbocycles. The Labute approximate surface area is 203 Å². The molecule has 0 radical (unpaired) electrons. The van der Waals surface area contributed by atoms with Gasteiger partial charge in [-0.05, 0) is 26.3 Å². The largest absolute Gasteiger partial charge is 0.389 e. The molecule has 4 rings (SSSR count). The maximum Gasteiger partial charge on any atom is 0.161 e. The van der Waals surface area contributed by atoms with Gasteiger partial charge in [-0.15, -0.1) is 0 Å². The molecular weight excluding hydrogens is 424 g/mol. The van der Waals surface area contributed by atoms with Crippen molar-refractivity contribution < 1.29 is 9.84 Å². The molecule has 6 heteroatoms.